The SMILES string of the molecule is COc1cc(/C=C/C(=O)Oc2ccc(C(C)C)cc2)ccc1OCCC(C)C. The maximum absolute atomic E-state index is 12.1. The highest BCUT2D eigenvalue weighted by molar-refractivity contribution is 5.88. The van der Waals surface area contributed by atoms with Crippen LogP contribution in [0.1, 0.15) is 51.2 Å². The summed E-state index contributed by atoms with van der Waals surface area (Å²) in [6, 6.07) is 13.1. The van der Waals surface area contributed by atoms with E-state index in [1.54, 1.807) is 13.2 Å². The Balaban J connectivity index is 1.97. The van der Waals surface area contributed by atoms with Gasteiger partial charge in [0.2, 0.25) is 0 Å². The standard InChI is InChI=1S/C24H30O4/c1-17(2)14-15-27-22-12-6-19(16-23(22)26-5)7-13-24(25)28-21-10-8-20(9-11-21)18(3)4/h6-13,16-18H,14-15H2,1-5H3/b13-7+. The molecule has 0 heterocycles. The van der Waals surface area contributed by atoms with Crippen LogP contribution in [0.15, 0.2) is 48.5 Å². The zero-order chi connectivity index (χ0) is 20.5. The summed E-state index contributed by atoms with van der Waals surface area (Å²) in [5.74, 6) is 2.48. The molecule has 150 valence electrons. The zero-order valence-electron chi connectivity index (χ0n) is 17.4. The molecule has 0 atom stereocenters. The molecule has 0 bridgehead atoms. The molecule has 0 spiro atoms. The molecule has 0 aliphatic carbocycles. The fourth-order valence-electron chi connectivity index (χ4n) is 2.55. The number of rotatable bonds is 9. The maximum Gasteiger partial charge on any atom is 0.336 e. The van der Waals surface area contributed by atoms with E-state index in [0.29, 0.717) is 35.7 Å². The summed E-state index contributed by atoms with van der Waals surface area (Å²) in [5, 5.41) is 0. The third kappa shape index (κ3) is 6.76. The summed E-state index contributed by atoms with van der Waals surface area (Å²) in [5.41, 5.74) is 2.04. The van der Waals surface area contributed by atoms with Crippen LogP contribution in [-0.4, -0.2) is 19.7 Å². The van der Waals surface area contributed by atoms with Crippen molar-refractivity contribution in [3.63, 3.8) is 0 Å². The van der Waals surface area contributed by atoms with Crippen molar-refractivity contribution >= 4 is 12.0 Å². The minimum atomic E-state index is -0.423. The predicted octanol–water partition coefficient (Wildman–Crippen LogP) is 5.86. The van der Waals surface area contributed by atoms with Crippen LogP contribution in [0.3, 0.4) is 0 Å². The van der Waals surface area contributed by atoms with E-state index in [0.717, 1.165) is 12.0 Å². The number of hydrogen-bond donors (Lipinski definition) is 0. The number of ether oxygens (including phenoxy) is 3. The van der Waals surface area contributed by atoms with E-state index < -0.39 is 5.97 Å². The molecule has 0 aliphatic rings. The monoisotopic (exact) mass is 382 g/mol. The summed E-state index contributed by atoms with van der Waals surface area (Å²) in [6.45, 7) is 9.21. The van der Waals surface area contributed by atoms with Crippen LogP contribution in [-0.2, 0) is 4.79 Å². The second-order valence-corrected chi connectivity index (χ2v) is 7.42. The molecular weight excluding hydrogens is 352 g/mol. The average molecular weight is 383 g/mol. The van der Waals surface area contributed by atoms with Crippen molar-refractivity contribution in [2.45, 2.75) is 40.0 Å². The van der Waals surface area contributed by atoms with E-state index >= 15 is 0 Å². The summed E-state index contributed by atoms with van der Waals surface area (Å²) in [6.07, 6.45) is 4.09. The van der Waals surface area contributed by atoms with E-state index in [1.807, 2.05) is 42.5 Å². The lowest BCUT2D eigenvalue weighted by Crippen LogP contribution is -2.04. The first kappa shape index (κ1) is 21.5. The molecule has 0 N–H and O–H groups in total. The molecule has 2 aromatic carbocycles. The fraction of sp³-hybridized carbons (Fsp3) is 0.375. The molecule has 0 fully saturated rings. The van der Waals surface area contributed by atoms with Crippen LogP contribution in [0.2, 0.25) is 0 Å². The third-order valence-corrected chi connectivity index (χ3v) is 4.32. The maximum atomic E-state index is 12.1. The number of carbonyl (C=O) groups excluding carboxylic acids is 1. The van der Waals surface area contributed by atoms with Gasteiger partial charge in [-0.05, 0) is 59.7 Å². The molecule has 0 amide bonds. The van der Waals surface area contributed by atoms with E-state index in [2.05, 4.69) is 27.7 Å². The fourth-order valence-corrected chi connectivity index (χ4v) is 2.55. The topological polar surface area (TPSA) is 44.8 Å². The zero-order valence-corrected chi connectivity index (χ0v) is 17.4. The first-order valence-electron chi connectivity index (χ1n) is 9.69. The lowest BCUT2D eigenvalue weighted by atomic mass is 10.0. The molecule has 4 heteroatoms. The Kier molecular flexibility index (Phi) is 8.12. The van der Waals surface area contributed by atoms with Gasteiger partial charge in [0.05, 0.1) is 13.7 Å². The smallest absolute Gasteiger partial charge is 0.336 e. The molecule has 0 unspecified atom stereocenters. The van der Waals surface area contributed by atoms with Crippen LogP contribution < -0.4 is 14.2 Å². The quantitative estimate of drug-likeness (QED) is 0.309. The number of hydrogen-bond acceptors (Lipinski definition) is 4. The predicted molar refractivity (Wildman–Crippen MR) is 113 cm³/mol. The molecule has 0 saturated heterocycles. The van der Waals surface area contributed by atoms with Gasteiger partial charge < -0.3 is 14.2 Å². The molecule has 0 saturated carbocycles. The molecule has 0 radical (unpaired) electrons. The Morgan fingerprint density at radius 1 is 1.00 bits per heavy atom. The minimum absolute atomic E-state index is 0.423. The lowest BCUT2D eigenvalue weighted by Gasteiger charge is -2.12. The Hall–Kier alpha value is -2.75. The summed E-state index contributed by atoms with van der Waals surface area (Å²) < 4.78 is 16.5. The van der Waals surface area contributed by atoms with Crippen LogP contribution in [0, 0.1) is 5.92 Å². The van der Waals surface area contributed by atoms with Gasteiger partial charge in [0.1, 0.15) is 5.75 Å². The summed E-state index contributed by atoms with van der Waals surface area (Å²) in [7, 11) is 1.60. The highest BCUT2D eigenvalue weighted by Gasteiger charge is 2.07. The summed E-state index contributed by atoms with van der Waals surface area (Å²) >= 11 is 0. The Labute approximate surface area is 168 Å². The van der Waals surface area contributed by atoms with Gasteiger partial charge in [-0.3, -0.25) is 0 Å². The molecule has 2 aromatic rings. The van der Waals surface area contributed by atoms with E-state index in [-0.39, 0.29) is 0 Å². The highest BCUT2D eigenvalue weighted by atomic mass is 16.5. The van der Waals surface area contributed by atoms with Crippen molar-refractivity contribution in [2.24, 2.45) is 5.92 Å². The molecule has 4 nitrogen and oxygen atoms in total. The molecule has 28 heavy (non-hydrogen) atoms. The molecular formula is C24H30O4. The minimum Gasteiger partial charge on any atom is -0.493 e. The largest absolute Gasteiger partial charge is 0.493 e. The van der Waals surface area contributed by atoms with Crippen LogP contribution >= 0.6 is 0 Å². The number of benzene rings is 2. The van der Waals surface area contributed by atoms with Crippen LogP contribution in [0.4, 0.5) is 0 Å². The first-order valence-corrected chi connectivity index (χ1v) is 9.69. The number of esters is 1. The second-order valence-electron chi connectivity index (χ2n) is 7.42. The van der Waals surface area contributed by atoms with Crippen LogP contribution in [0.5, 0.6) is 17.2 Å². The van der Waals surface area contributed by atoms with Gasteiger partial charge in [0, 0.05) is 6.08 Å². The van der Waals surface area contributed by atoms with Crippen molar-refractivity contribution in [1.82, 2.24) is 0 Å². The number of methoxy groups -OCH3 is 1. The highest BCUT2D eigenvalue weighted by Crippen LogP contribution is 2.29. The average Bonchev–Trinajstić information content (AvgIpc) is 2.67. The van der Waals surface area contributed by atoms with E-state index in [4.69, 9.17) is 14.2 Å². The van der Waals surface area contributed by atoms with Crippen molar-refractivity contribution in [3.8, 4) is 17.2 Å². The van der Waals surface area contributed by atoms with Crippen molar-refractivity contribution in [3.05, 3.63) is 59.7 Å². The Morgan fingerprint density at radius 3 is 2.32 bits per heavy atom. The van der Waals surface area contributed by atoms with Gasteiger partial charge in [-0.1, -0.05) is 45.9 Å². The van der Waals surface area contributed by atoms with Crippen molar-refractivity contribution in [1.29, 1.82) is 0 Å². The van der Waals surface area contributed by atoms with Gasteiger partial charge in [0.15, 0.2) is 11.5 Å². The van der Waals surface area contributed by atoms with Gasteiger partial charge >= 0.3 is 5.97 Å². The second kappa shape index (κ2) is 10.5. The normalized spacial score (nSPS) is 11.2. The van der Waals surface area contributed by atoms with Gasteiger partial charge in [-0.15, -0.1) is 0 Å². The summed E-state index contributed by atoms with van der Waals surface area (Å²) in [4.78, 5) is 12.1. The van der Waals surface area contributed by atoms with Crippen molar-refractivity contribution < 1.29 is 19.0 Å². The molecule has 2 rings (SSSR count). The van der Waals surface area contributed by atoms with Crippen LogP contribution in [0.25, 0.3) is 6.08 Å². The Morgan fingerprint density at radius 2 is 1.71 bits per heavy atom. The number of carbonyl (C=O) groups is 1. The van der Waals surface area contributed by atoms with Gasteiger partial charge in [-0.25, -0.2) is 4.79 Å². The van der Waals surface area contributed by atoms with E-state index in [9.17, 15) is 4.79 Å². The van der Waals surface area contributed by atoms with Gasteiger partial charge in [-0.2, -0.15) is 0 Å². The van der Waals surface area contributed by atoms with Gasteiger partial charge in [0.25, 0.3) is 0 Å². The first-order chi connectivity index (χ1) is 13.4. The Bertz CT molecular complexity index is 789. The molecule has 0 aromatic heterocycles. The third-order valence-electron chi connectivity index (χ3n) is 4.32. The van der Waals surface area contributed by atoms with Crippen molar-refractivity contribution in [2.75, 3.05) is 13.7 Å². The lowest BCUT2D eigenvalue weighted by molar-refractivity contribution is -0.128. The van der Waals surface area contributed by atoms with E-state index in [1.165, 1.54) is 11.6 Å². The molecule has 0 aliphatic heterocycles.